The lowest BCUT2D eigenvalue weighted by Gasteiger charge is -2.20. The van der Waals surface area contributed by atoms with Gasteiger partial charge in [0.1, 0.15) is 0 Å². The SMILES string of the molecule is Cc1cccc(C(=O)N2CCC(CC(=O)N(C)Cc3ccccc3)C2)c1. The fourth-order valence-electron chi connectivity index (χ4n) is 3.49. The van der Waals surface area contributed by atoms with Crippen molar-refractivity contribution in [2.24, 2.45) is 5.92 Å². The van der Waals surface area contributed by atoms with E-state index in [9.17, 15) is 9.59 Å². The van der Waals surface area contributed by atoms with Crippen molar-refractivity contribution in [3.63, 3.8) is 0 Å². The van der Waals surface area contributed by atoms with E-state index in [-0.39, 0.29) is 17.7 Å². The fraction of sp³-hybridized carbons (Fsp3) is 0.364. The summed E-state index contributed by atoms with van der Waals surface area (Å²) in [6.45, 7) is 4.01. The highest BCUT2D eigenvalue weighted by atomic mass is 16.2. The molecular weight excluding hydrogens is 324 g/mol. The third kappa shape index (κ3) is 4.51. The van der Waals surface area contributed by atoms with Crippen molar-refractivity contribution in [2.45, 2.75) is 26.3 Å². The van der Waals surface area contributed by atoms with Gasteiger partial charge in [0.15, 0.2) is 0 Å². The lowest BCUT2D eigenvalue weighted by atomic mass is 10.0. The van der Waals surface area contributed by atoms with E-state index < -0.39 is 0 Å². The number of hydrogen-bond donors (Lipinski definition) is 0. The zero-order valence-electron chi connectivity index (χ0n) is 15.5. The molecule has 1 atom stereocenters. The molecule has 0 saturated carbocycles. The smallest absolute Gasteiger partial charge is 0.253 e. The van der Waals surface area contributed by atoms with Gasteiger partial charge in [0.05, 0.1) is 0 Å². The summed E-state index contributed by atoms with van der Waals surface area (Å²) in [5, 5.41) is 0. The summed E-state index contributed by atoms with van der Waals surface area (Å²) in [5.74, 6) is 0.458. The second-order valence-corrected chi connectivity index (χ2v) is 7.21. The molecular formula is C22H26N2O2. The van der Waals surface area contributed by atoms with Gasteiger partial charge >= 0.3 is 0 Å². The first-order valence-electron chi connectivity index (χ1n) is 9.17. The summed E-state index contributed by atoms with van der Waals surface area (Å²) >= 11 is 0. The van der Waals surface area contributed by atoms with Crippen molar-refractivity contribution in [3.8, 4) is 0 Å². The second kappa shape index (κ2) is 8.17. The van der Waals surface area contributed by atoms with Crippen LogP contribution in [0.25, 0.3) is 0 Å². The van der Waals surface area contributed by atoms with Gasteiger partial charge in [-0.1, -0.05) is 48.0 Å². The molecule has 1 aliphatic heterocycles. The van der Waals surface area contributed by atoms with Crippen LogP contribution in [0.1, 0.15) is 34.3 Å². The van der Waals surface area contributed by atoms with E-state index in [4.69, 9.17) is 0 Å². The molecule has 2 aromatic rings. The van der Waals surface area contributed by atoms with Crippen molar-refractivity contribution < 1.29 is 9.59 Å². The standard InChI is InChI=1S/C22H26N2O2/c1-17-7-6-10-20(13-17)22(26)24-12-11-19(16-24)14-21(25)23(2)15-18-8-4-3-5-9-18/h3-10,13,19H,11-12,14-16H2,1-2H3. The molecule has 2 aromatic carbocycles. The van der Waals surface area contributed by atoms with E-state index in [2.05, 4.69) is 0 Å². The Morgan fingerprint density at radius 3 is 2.62 bits per heavy atom. The highest BCUT2D eigenvalue weighted by Gasteiger charge is 2.29. The molecule has 1 heterocycles. The maximum atomic E-state index is 12.6. The predicted molar refractivity (Wildman–Crippen MR) is 103 cm³/mol. The zero-order chi connectivity index (χ0) is 18.5. The number of rotatable bonds is 5. The van der Waals surface area contributed by atoms with Gasteiger partial charge in [-0.15, -0.1) is 0 Å². The normalized spacial score (nSPS) is 16.5. The molecule has 1 aliphatic rings. The minimum atomic E-state index is 0.0706. The lowest BCUT2D eigenvalue weighted by molar-refractivity contribution is -0.131. The third-order valence-electron chi connectivity index (χ3n) is 4.99. The molecule has 0 radical (unpaired) electrons. The van der Waals surface area contributed by atoms with Crippen LogP contribution in [0.3, 0.4) is 0 Å². The number of nitrogens with zero attached hydrogens (tertiary/aromatic N) is 2. The molecule has 4 heteroatoms. The van der Waals surface area contributed by atoms with Crippen LogP contribution >= 0.6 is 0 Å². The molecule has 0 spiro atoms. The maximum absolute atomic E-state index is 12.6. The van der Waals surface area contributed by atoms with E-state index in [1.165, 1.54) is 0 Å². The summed E-state index contributed by atoms with van der Waals surface area (Å²) < 4.78 is 0. The van der Waals surface area contributed by atoms with E-state index >= 15 is 0 Å². The Kier molecular flexibility index (Phi) is 5.71. The Labute approximate surface area is 155 Å². The Bertz CT molecular complexity index is 773. The monoisotopic (exact) mass is 350 g/mol. The summed E-state index contributed by atoms with van der Waals surface area (Å²) in [6, 6.07) is 17.7. The highest BCUT2D eigenvalue weighted by molar-refractivity contribution is 5.94. The first kappa shape index (κ1) is 18.2. The van der Waals surface area contributed by atoms with Gasteiger partial charge < -0.3 is 9.80 Å². The summed E-state index contributed by atoms with van der Waals surface area (Å²) in [6.07, 6.45) is 1.39. The fourth-order valence-corrected chi connectivity index (χ4v) is 3.49. The lowest BCUT2D eigenvalue weighted by Crippen LogP contribution is -2.31. The van der Waals surface area contributed by atoms with E-state index in [1.54, 1.807) is 4.90 Å². The summed E-state index contributed by atoms with van der Waals surface area (Å²) in [7, 11) is 1.85. The Morgan fingerprint density at radius 2 is 1.88 bits per heavy atom. The molecule has 1 unspecified atom stereocenters. The van der Waals surface area contributed by atoms with E-state index in [1.807, 2.05) is 73.5 Å². The van der Waals surface area contributed by atoms with Gasteiger partial charge in [-0.05, 0) is 37.0 Å². The number of hydrogen-bond acceptors (Lipinski definition) is 2. The maximum Gasteiger partial charge on any atom is 0.253 e. The van der Waals surface area contributed by atoms with Crippen molar-refractivity contribution in [1.29, 1.82) is 0 Å². The van der Waals surface area contributed by atoms with Gasteiger partial charge in [-0.3, -0.25) is 9.59 Å². The quantitative estimate of drug-likeness (QED) is 0.828. The van der Waals surface area contributed by atoms with Gasteiger partial charge in [0.2, 0.25) is 5.91 Å². The molecule has 1 fully saturated rings. The number of amides is 2. The Hall–Kier alpha value is -2.62. The Morgan fingerprint density at radius 1 is 1.12 bits per heavy atom. The van der Waals surface area contributed by atoms with Gasteiger partial charge in [-0.25, -0.2) is 0 Å². The second-order valence-electron chi connectivity index (χ2n) is 7.21. The van der Waals surface area contributed by atoms with Crippen LogP contribution in [0.4, 0.5) is 0 Å². The van der Waals surface area contributed by atoms with Crippen molar-refractivity contribution >= 4 is 11.8 Å². The minimum absolute atomic E-state index is 0.0706. The Balaban J connectivity index is 1.52. The van der Waals surface area contributed by atoms with Crippen molar-refractivity contribution in [1.82, 2.24) is 9.80 Å². The molecule has 2 amide bonds. The van der Waals surface area contributed by atoms with Crippen molar-refractivity contribution in [2.75, 3.05) is 20.1 Å². The predicted octanol–water partition coefficient (Wildman–Crippen LogP) is 3.51. The minimum Gasteiger partial charge on any atom is -0.341 e. The van der Waals surface area contributed by atoms with Gasteiger partial charge in [0, 0.05) is 38.7 Å². The van der Waals surface area contributed by atoms with E-state index in [0.717, 1.165) is 29.7 Å². The first-order chi connectivity index (χ1) is 12.5. The van der Waals surface area contributed by atoms with Crippen LogP contribution in [0, 0.1) is 12.8 Å². The number of aryl methyl sites for hydroxylation is 1. The molecule has 0 aliphatic carbocycles. The molecule has 0 N–H and O–H groups in total. The molecule has 1 saturated heterocycles. The number of likely N-dealkylation sites (tertiary alicyclic amines) is 1. The van der Waals surface area contributed by atoms with E-state index in [0.29, 0.717) is 19.5 Å². The highest BCUT2D eigenvalue weighted by Crippen LogP contribution is 2.23. The topological polar surface area (TPSA) is 40.6 Å². The first-order valence-corrected chi connectivity index (χ1v) is 9.17. The van der Waals surface area contributed by atoms with Crippen LogP contribution in [0.5, 0.6) is 0 Å². The molecule has 26 heavy (non-hydrogen) atoms. The van der Waals surface area contributed by atoms with Crippen LogP contribution < -0.4 is 0 Å². The number of carbonyl (C=O) groups is 2. The summed E-state index contributed by atoms with van der Waals surface area (Å²) in [4.78, 5) is 28.8. The van der Waals surface area contributed by atoms with Crippen LogP contribution in [0.2, 0.25) is 0 Å². The molecule has 0 aromatic heterocycles. The summed E-state index contributed by atoms with van der Waals surface area (Å²) in [5.41, 5.74) is 2.95. The molecule has 3 rings (SSSR count). The largest absolute Gasteiger partial charge is 0.341 e. The molecule has 0 bridgehead atoms. The van der Waals surface area contributed by atoms with Crippen LogP contribution in [-0.4, -0.2) is 41.8 Å². The number of carbonyl (C=O) groups excluding carboxylic acids is 2. The van der Waals surface area contributed by atoms with Crippen LogP contribution in [0.15, 0.2) is 54.6 Å². The molecule has 4 nitrogen and oxygen atoms in total. The van der Waals surface area contributed by atoms with Gasteiger partial charge in [0.25, 0.3) is 5.91 Å². The van der Waals surface area contributed by atoms with Crippen LogP contribution in [-0.2, 0) is 11.3 Å². The zero-order valence-corrected chi connectivity index (χ0v) is 15.5. The molecule has 136 valence electrons. The number of benzene rings is 2. The van der Waals surface area contributed by atoms with Gasteiger partial charge in [-0.2, -0.15) is 0 Å². The average molecular weight is 350 g/mol. The van der Waals surface area contributed by atoms with Crippen molar-refractivity contribution in [3.05, 3.63) is 71.3 Å². The third-order valence-corrected chi connectivity index (χ3v) is 4.99. The average Bonchev–Trinajstić information content (AvgIpc) is 3.10.